The minimum absolute atomic E-state index is 0.149. The third kappa shape index (κ3) is 4.40. The van der Waals surface area contributed by atoms with Crippen LogP contribution >= 0.6 is 11.3 Å². The van der Waals surface area contributed by atoms with Gasteiger partial charge < -0.3 is 4.74 Å². The van der Waals surface area contributed by atoms with E-state index in [1.165, 1.54) is 28.4 Å². The fourth-order valence-electron chi connectivity index (χ4n) is 2.53. The second-order valence-electron chi connectivity index (χ2n) is 5.73. The van der Waals surface area contributed by atoms with Crippen LogP contribution in [0.1, 0.15) is 24.3 Å². The maximum absolute atomic E-state index is 12.5. The van der Waals surface area contributed by atoms with Crippen LogP contribution in [0.25, 0.3) is 10.2 Å². The quantitative estimate of drug-likeness (QED) is 0.501. The van der Waals surface area contributed by atoms with Crippen molar-refractivity contribution in [2.24, 2.45) is 5.10 Å². The monoisotopic (exact) mass is 384 g/mol. The van der Waals surface area contributed by atoms with Crippen molar-refractivity contribution in [3.8, 4) is 5.75 Å². The highest BCUT2D eigenvalue weighted by atomic mass is 32.1. The van der Waals surface area contributed by atoms with E-state index in [2.05, 4.69) is 15.5 Å². The number of hydrazone groups is 1. The number of ether oxygens (including phenoxy) is 1. The molecular weight excluding hydrogens is 364 g/mol. The standard InChI is InChI=1S/C19H20N4O3S/c1-3-14-9-15-18(27-14)20-12-23(19(15)25)11-17(24)22-21-10-13-7-5-6-8-16(13)26-4-2/h5-10,12H,3-4,11H2,1-2H3,(H,22,24). The largest absolute Gasteiger partial charge is 0.493 e. The van der Waals surface area contributed by atoms with Crippen LogP contribution in [0.2, 0.25) is 0 Å². The minimum atomic E-state index is -0.408. The van der Waals surface area contributed by atoms with E-state index in [1.807, 2.05) is 44.2 Å². The fourth-order valence-corrected chi connectivity index (χ4v) is 3.46. The summed E-state index contributed by atoms with van der Waals surface area (Å²) in [5.41, 5.74) is 2.96. The number of aromatic nitrogens is 2. The molecule has 3 aromatic rings. The highest BCUT2D eigenvalue weighted by Crippen LogP contribution is 2.21. The number of carbonyl (C=O) groups excluding carboxylic acids is 1. The molecule has 2 heterocycles. The van der Waals surface area contributed by atoms with Crippen molar-refractivity contribution in [1.29, 1.82) is 0 Å². The zero-order chi connectivity index (χ0) is 19.2. The van der Waals surface area contributed by atoms with Crippen molar-refractivity contribution in [1.82, 2.24) is 15.0 Å². The van der Waals surface area contributed by atoms with Crippen molar-refractivity contribution in [3.63, 3.8) is 0 Å². The third-order valence-corrected chi connectivity index (χ3v) is 5.03. The molecule has 0 unspecified atom stereocenters. The van der Waals surface area contributed by atoms with Crippen LogP contribution < -0.4 is 15.7 Å². The van der Waals surface area contributed by atoms with Gasteiger partial charge in [-0.25, -0.2) is 10.4 Å². The van der Waals surface area contributed by atoms with Crippen LogP contribution in [-0.4, -0.2) is 28.3 Å². The maximum atomic E-state index is 12.5. The summed E-state index contributed by atoms with van der Waals surface area (Å²) in [5.74, 6) is 0.280. The van der Waals surface area contributed by atoms with Crippen molar-refractivity contribution in [3.05, 3.63) is 57.5 Å². The normalized spacial score (nSPS) is 11.2. The number of thiophene rings is 1. The first-order valence-electron chi connectivity index (χ1n) is 8.64. The van der Waals surface area contributed by atoms with E-state index in [-0.39, 0.29) is 12.1 Å². The van der Waals surface area contributed by atoms with Gasteiger partial charge >= 0.3 is 0 Å². The van der Waals surface area contributed by atoms with Crippen LogP contribution in [-0.2, 0) is 17.8 Å². The van der Waals surface area contributed by atoms with Gasteiger partial charge in [-0.2, -0.15) is 5.10 Å². The zero-order valence-corrected chi connectivity index (χ0v) is 16.0. The Morgan fingerprint density at radius 1 is 1.37 bits per heavy atom. The number of benzene rings is 1. The lowest BCUT2D eigenvalue weighted by atomic mass is 10.2. The molecule has 0 saturated carbocycles. The van der Waals surface area contributed by atoms with Gasteiger partial charge in [0.05, 0.1) is 24.5 Å². The number of aryl methyl sites for hydroxylation is 1. The number of amides is 1. The van der Waals surface area contributed by atoms with E-state index in [0.29, 0.717) is 22.6 Å². The predicted octanol–water partition coefficient (Wildman–Crippen LogP) is 2.57. The van der Waals surface area contributed by atoms with E-state index < -0.39 is 5.91 Å². The van der Waals surface area contributed by atoms with E-state index in [4.69, 9.17) is 4.74 Å². The molecule has 27 heavy (non-hydrogen) atoms. The molecule has 0 bridgehead atoms. The highest BCUT2D eigenvalue weighted by molar-refractivity contribution is 7.18. The summed E-state index contributed by atoms with van der Waals surface area (Å²) in [6.45, 7) is 4.31. The number of rotatable bonds is 7. The average Bonchev–Trinajstić information content (AvgIpc) is 3.10. The molecule has 2 aromatic heterocycles. The summed E-state index contributed by atoms with van der Waals surface area (Å²) in [7, 11) is 0. The van der Waals surface area contributed by atoms with Crippen LogP contribution in [0.3, 0.4) is 0 Å². The van der Waals surface area contributed by atoms with Crippen LogP contribution in [0.4, 0.5) is 0 Å². The third-order valence-electron chi connectivity index (χ3n) is 3.84. The first-order chi connectivity index (χ1) is 13.1. The molecular formula is C19H20N4O3S. The Kier molecular flexibility index (Phi) is 5.97. The maximum Gasteiger partial charge on any atom is 0.262 e. The van der Waals surface area contributed by atoms with E-state index in [0.717, 1.165) is 16.9 Å². The molecule has 0 radical (unpaired) electrons. The van der Waals surface area contributed by atoms with Gasteiger partial charge in [0.2, 0.25) is 0 Å². The second kappa shape index (κ2) is 8.59. The van der Waals surface area contributed by atoms with Crippen molar-refractivity contribution in [2.75, 3.05) is 6.61 Å². The van der Waals surface area contributed by atoms with Gasteiger partial charge in [-0.15, -0.1) is 11.3 Å². The van der Waals surface area contributed by atoms with Crippen LogP contribution in [0, 0.1) is 0 Å². The summed E-state index contributed by atoms with van der Waals surface area (Å²) in [4.78, 5) is 30.7. The summed E-state index contributed by atoms with van der Waals surface area (Å²) in [6.07, 6.45) is 3.76. The minimum Gasteiger partial charge on any atom is -0.493 e. The number of carbonyl (C=O) groups is 1. The van der Waals surface area contributed by atoms with Gasteiger partial charge in [0.15, 0.2) is 0 Å². The Hall–Kier alpha value is -3.00. The van der Waals surface area contributed by atoms with Crippen LogP contribution in [0.5, 0.6) is 5.75 Å². The van der Waals surface area contributed by atoms with Gasteiger partial charge in [0.1, 0.15) is 17.1 Å². The summed E-state index contributed by atoms with van der Waals surface area (Å²) < 4.78 is 6.79. The number of para-hydroxylation sites is 1. The molecule has 0 saturated heterocycles. The molecule has 8 heteroatoms. The van der Waals surface area contributed by atoms with E-state index in [9.17, 15) is 9.59 Å². The summed E-state index contributed by atoms with van der Waals surface area (Å²) >= 11 is 1.50. The van der Waals surface area contributed by atoms with Crippen molar-refractivity contribution in [2.45, 2.75) is 26.8 Å². The van der Waals surface area contributed by atoms with Gasteiger partial charge in [-0.05, 0) is 31.5 Å². The Balaban J connectivity index is 1.69. The molecule has 3 rings (SSSR count). The molecule has 0 aliphatic heterocycles. The molecule has 7 nitrogen and oxygen atoms in total. The van der Waals surface area contributed by atoms with Crippen molar-refractivity contribution >= 4 is 33.7 Å². The zero-order valence-electron chi connectivity index (χ0n) is 15.1. The Morgan fingerprint density at radius 3 is 2.96 bits per heavy atom. The first kappa shape index (κ1) is 18.8. The molecule has 0 aliphatic carbocycles. The number of nitrogens with one attached hydrogen (secondary N) is 1. The van der Waals surface area contributed by atoms with E-state index >= 15 is 0 Å². The van der Waals surface area contributed by atoms with Crippen LogP contribution in [0.15, 0.2) is 46.6 Å². The lowest BCUT2D eigenvalue weighted by Crippen LogP contribution is -2.29. The Morgan fingerprint density at radius 2 is 2.19 bits per heavy atom. The number of hydrogen-bond acceptors (Lipinski definition) is 6. The van der Waals surface area contributed by atoms with Gasteiger partial charge in [0, 0.05) is 10.4 Å². The highest BCUT2D eigenvalue weighted by Gasteiger charge is 2.10. The van der Waals surface area contributed by atoms with Gasteiger partial charge in [-0.1, -0.05) is 19.1 Å². The Labute approximate surface area is 160 Å². The van der Waals surface area contributed by atoms with Gasteiger partial charge in [-0.3, -0.25) is 14.2 Å². The first-order valence-corrected chi connectivity index (χ1v) is 9.45. The lowest BCUT2D eigenvalue weighted by Gasteiger charge is -2.06. The Bertz CT molecular complexity index is 1040. The molecule has 140 valence electrons. The predicted molar refractivity (Wildman–Crippen MR) is 107 cm³/mol. The number of hydrogen-bond donors (Lipinski definition) is 1. The summed E-state index contributed by atoms with van der Waals surface area (Å²) in [5, 5.41) is 4.49. The smallest absolute Gasteiger partial charge is 0.262 e. The second-order valence-corrected chi connectivity index (χ2v) is 6.84. The molecule has 1 N–H and O–H groups in total. The molecule has 1 amide bonds. The molecule has 1 aromatic carbocycles. The van der Waals surface area contributed by atoms with E-state index in [1.54, 1.807) is 0 Å². The SMILES string of the molecule is CCOc1ccccc1C=NNC(=O)Cn1cnc2sc(CC)cc2c1=O. The number of nitrogens with zero attached hydrogens (tertiary/aromatic N) is 3. The molecule has 0 fully saturated rings. The fraction of sp³-hybridized carbons (Fsp3) is 0.263. The topological polar surface area (TPSA) is 85.6 Å². The average molecular weight is 384 g/mol. The van der Waals surface area contributed by atoms with Crippen molar-refractivity contribution < 1.29 is 9.53 Å². The lowest BCUT2D eigenvalue weighted by molar-refractivity contribution is -0.121. The molecule has 0 spiro atoms. The molecule has 0 aliphatic rings. The molecule has 0 atom stereocenters. The summed E-state index contributed by atoms with van der Waals surface area (Å²) in [6, 6.07) is 9.23. The van der Waals surface area contributed by atoms with Gasteiger partial charge in [0.25, 0.3) is 11.5 Å². The number of fused-ring (bicyclic) bond motifs is 1.